The minimum absolute atomic E-state index is 0.244. The van der Waals surface area contributed by atoms with E-state index < -0.39 is 0 Å². The average Bonchev–Trinajstić information content (AvgIpc) is 2.45. The molecule has 0 saturated carbocycles. The van der Waals surface area contributed by atoms with E-state index in [2.05, 4.69) is 4.98 Å². The third-order valence-corrected chi connectivity index (χ3v) is 3.17. The van der Waals surface area contributed by atoms with E-state index in [1.54, 1.807) is 6.07 Å². The first-order valence-electron chi connectivity index (χ1n) is 4.05. The zero-order chi connectivity index (χ0) is 10.1. The SMILES string of the molecule is Cc1nc(Cl)sc1-c1cccc(F)c1. The molecule has 0 aliphatic rings. The summed E-state index contributed by atoms with van der Waals surface area (Å²) < 4.78 is 13.4. The summed E-state index contributed by atoms with van der Waals surface area (Å²) >= 11 is 7.13. The van der Waals surface area contributed by atoms with E-state index in [0.717, 1.165) is 16.1 Å². The van der Waals surface area contributed by atoms with Crippen LogP contribution in [0.25, 0.3) is 10.4 Å². The van der Waals surface area contributed by atoms with E-state index >= 15 is 0 Å². The summed E-state index contributed by atoms with van der Waals surface area (Å²) in [6.07, 6.45) is 0. The van der Waals surface area contributed by atoms with Gasteiger partial charge in [-0.1, -0.05) is 23.7 Å². The number of benzene rings is 1. The van der Waals surface area contributed by atoms with Gasteiger partial charge in [0.2, 0.25) is 0 Å². The van der Waals surface area contributed by atoms with E-state index in [9.17, 15) is 4.39 Å². The van der Waals surface area contributed by atoms with Gasteiger partial charge in [0.1, 0.15) is 5.82 Å². The van der Waals surface area contributed by atoms with E-state index in [1.807, 2.05) is 13.0 Å². The Hall–Kier alpha value is -0.930. The number of aryl methyl sites for hydroxylation is 1. The molecule has 0 saturated heterocycles. The maximum absolute atomic E-state index is 12.9. The molecular formula is C10H7ClFNS. The molecule has 0 aliphatic heterocycles. The minimum Gasteiger partial charge on any atom is -0.230 e. The highest BCUT2D eigenvalue weighted by atomic mass is 35.5. The first-order valence-corrected chi connectivity index (χ1v) is 5.25. The summed E-state index contributed by atoms with van der Waals surface area (Å²) in [6, 6.07) is 6.43. The lowest BCUT2D eigenvalue weighted by molar-refractivity contribution is 0.628. The van der Waals surface area contributed by atoms with Crippen molar-refractivity contribution in [3.63, 3.8) is 0 Å². The second-order valence-electron chi connectivity index (χ2n) is 2.89. The molecule has 1 nitrogen and oxygen atoms in total. The Morgan fingerprint density at radius 1 is 1.43 bits per heavy atom. The fourth-order valence-corrected chi connectivity index (χ4v) is 2.41. The fraction of sp³-hybridized carbons (Fsp3) is 0.100. The molecule has 0 fully saturated rings. The van der Waals surface area contributed by atoms with Crippen molar-refractivity contribution in [1.82, 2.24) is 4.98 Å². The van der Waals surface area contributed by atoms with Crippen LogP contribution >= 0.6 is 22.9 Å². The van der Waals surface area contributed by atoms with Crippen LogP contribution in [0.15, 0.2) is 24.3 Å². The summed E-state index contributed by atoms with van der Waals surface area (Å²) in [5, 5.41) is 0. The molecule has 1 heterocycles. The van der Waals surface area contributed by atoms with Crippen molar-refractivity contribution in [3.05, 3.63) is 40.2 Å². The lowest BCUT2D eigenvalue weighted by Crippen LogP contribution is -1.79. The Labute approximate surface area is 90.2 Å². The van der Waals surface area contributed by atoms with Crippen molar-refractivity contribution < 1.29 is 4.39 Å². The molecule has 0 aliphatic carbocycles. The minimum atomic E-state index is -0.244. The number of aromatic nitrogens is 1. The van der Waals surface area contributed by atoms with Crippen molar-refractivity contribution in [2.45, 2.75) is 6.92 Å². The van der Waals surface area contributed by atoms with Crippen LogP contribution in [0.2, 0.25) is 4.47 Å². The summed E-state index contributed by atoms with van der Waals surface area (Å²) in [5.74, 6) is -0.244. The normalized spacial score (nSPS) is 10.5. The predicted molar refractivity (Wildman–Crippen MR) is 57.3 cm³/mol. The first-order chi connectivity index (χ1) is 6.66. The molecular weight excluding hydrogens is 221 g/mol. The molecule has 0 radical (unpaired) electrons. The van der Waals surface area contributed by atoms with Crippen molar-refractivity contribution in [2.75, 3.05) is 0 Å². The zero-order valence-corrected chi connectivity index (χ0v) is 8.99. The molecule has 14 heavy (non-hydrogen) atoms. The first kappa shape index (κ1) is 9.62. The van der Waals surface area contributed by atoms with E-state index in [1.165, 1.54) is 23.5 Å². The topological polar surface area (TPSA) is 12.9 Å². The molecule has 0 unspecified atom stereocenters. The summed E-state index contributed by atoms with van der Waals surface area (Å²) in [6.45, 7) is 1.86. The molecule has 2 aromatic rings. The van der Waals surface area contributed by atoms with Crippen LogP contribution in [0.5, 0.6) is 0 Å². The van der Waals surface area contributed by atoms with Gasteiger partial charge < -0.3 is 0 Å². The van der Waals surface area contributed by atoms with Crippen LogP contribution in [-0.2, 0) is 0 Å². The third kappa shape index (κ3) is 1.79. The quantitative estimate of drug-likeness (QED) is 0.720. The van der Waals surface area contributed by atoms with Crippen LogP contribution in [-0.4, -0.2) is 4.98 Å². The van der Waals surface area contributed by atoms with Crippen molar-refractivity contribution in [2.24, 2.45) is 0 Å². The highest BCUT2D eigenvalue weighted by Crippen LogP contribution is 2.32. The van der Waals surface area contributed by atoms with Gasteiger partial charge >= 0.3 is 0 Å². The molecule has 72 valence electrons. The molecule has 0 atom stereocenters. The number of halogens is 2. The molecule has 0 bridgehead atoms. The van der Waals surface area contributed by atoms with Gasteiger partial charge in [-0.25, -0.2) is 9.37 Å². The number of rotatable bonds is 1. The third-order valence-electron chi connectivity index (χ3n) is 1.86. The highest BCUT2D eigenvalue weighted by molar-refractivity contribution is 7.19. The van der Waals surface area contributed by atoms with E-state index in [0.29, 0.717) is 4.47 Å². The Morgan fingerprint density at radius 2 is 2.21 bits per heavy atom. The number of nitrogens with zero attached hydrogens (tertiary/aromatic N) is 1. The van der Waals surface area contributed by atoms with Gasteiger partial charge in [0.05, 0.1) is 10.6 Å². The fourth-order valence-electron chi connectivity index (χ4n) is 1.26. The largest absolute Gasteiger partial charge is 0.230 e. The van der Waals surface area contributed by atoms with Gasteiger partial charge in [-0.15, -0.1) is 11.3 Å². The molecule has 1 aromatic carbocycles. The molecule has 2 rings (SSSR count). The van der Waals surface area contributed by atoms with Gasteiger partial charge in [0, 0.05) is 0 Å². The zero-order valence-electron chi connectivity index (χ0n) is 7.42. The number of hydrogen-bond acceptors (Lipinski definition) is 2. The van der Waals surface area contributed by atoms with Gasteiger partial charge in [0.25, 0.3) is 0 Å². The van der Waals surface area contributed by atoms with Crippen LogP contribution in [0.4, 0.5) is 4.39 Å². The average molecular weight is 228 g/mol. The summed E-state index contributed by atoms with van der Waals surface area (Å²) in [4.78, 5) is 5.00. The lowest BCUT2D eigenvalue weighted by Gasteiger charge is -1.97. The second-order valence-corrected chi connectivity index (χ2v) is 4.47. The van der Waals surface area contributed by atoms with Gasteiger partial charge in [-0.3, -0.25) is 0 Å². The van der Waals surface area contributed by atoms with Crippen LogP contribution in [0.3, 0.4) is 0 Å². The molecule has 0 spiro atoms. The Morgan fingerprint density at radius 3 is 2.79 bits per heavy atom. The Balaban J connectivity index is 2.54. The van der Waals surface area contributed by atoms with Crippen LogP contribution < -0.4 is 0 Å². The monoisotopic (exact) mass is 227 g/mol. The molecule has 0 N–H and O–H groups in total. The lowest BCUT2D eigenvalue weighted by atomic mass is 10.1. The smallest absolute Gasteiger partial charge is 0.184 e. The Bertz CT molecular complexity index is 467. The predicted octanol–water partition coefficient (Wildman–Crippen LogP) is 3.91. The molecule has 0 amide bonds. The molecule has 1 aromatic heterocycles. The van der Waals surface area contributed by atoms with Crippen LogP contribution in [0.1, 0.15) is 5.69 Å². The second kappa shape index (κ2) is 3.67. The standard InChI is InChI=1S/C10H7ClFNS/c1-6-9(14-10(11)13-6)7-3-2-4-8(12)5-7/h2-5H,1H3. The highest BCUT2D eigenvalue weighted by Gasteiger charge is 2.08. The van der Waals surface area contributed by atoms with E-state index in [-0.39, 0.29) is 5.82 Å². The van der Waals surface area contributed by atoms with E-state index in [4.69, 9.17) is 11.6 Å². The maximum atomic E-state index is 12.9. The number of thiazole rings is 1. The van der Waals surface area contributed by atoms with Gasteiger partial charge in [0.15, 0.2) is 4.47 Å². The van der Waals surface area contributed by atoms with Gasteiger partial charge in [-0.05, 0) is 24.6 Å². The summed E-state index contributed by atoms with van der Waals surface area (Å²) in [5.41, 5.74) is 1.66. The Kier molecular flexibility index (Phi) is 2.52. The van der Waals surface area contributed by atoms with Crippen molar-refractivity contribution in [3.8, 4) is 10.4 Å². The summed E-state index contributed by atoms with van der Waals surface area (Å²) in [7, 11) is 0. The van der Waals surface area contributed by atoms with Crippen LogP contribution in [0, 0.1) is 12.7 Å². The van der Waals surface area contributed by atoms with Crippen molar-refractivity contribution in [1.29, 1.82) is 0 Å². The van der Waals surface area contributed by atoms with Gasteiger partial charge in [-0.2, -0.15) is 0 Å². The van der Waals surface area contributed by atoms with Crippen molar-refractivity contribution >= 4 is 22.9 Å². The number of hydrogen-bond donors (Lipinski definition) is 0. The molecule has 4 heteroatoms. The maximum Gasteiger partial charge on any atom is 0.184 e.